The highest BCUT2D eigenvalue weighted by Crippen LogP contribution is 2.19. The molecule has 2 unspecified atom stereocenters. The molecule has 0 aromatic heterocycles. The standard InChI is InChI=1S/C11H19NO4/c1-3-4-8(11(14)15)12-10(13)9-6-5-7(2)16-9/h7-9H,3-6H2,1-2H3,(H,12,13)(H,14,15)/t7?,8-,9?/m0/s1. The number of carbonyl (C=O) groups excluding carboxylic acids is 1. The van der Waals surface area contributed by atoms with Crippen LogP contribution in [0.5, 0.6) is 0 Å². The number of hydrogen-bond acceptors (Lipinski definition) is 3. The first kappa shape index (κ1) is 13.0. The van der Waals surface area contributed by atoms with Crippen molar-refractivity contribution >= 4 is 11.9 Å². The number of carboxylic acid groups (broad SMARTS) is 1. The minimum Gasteiger partial charge on any atom is -0.480 e. The summed E-state index contributed by atoms with van der Waals surface area (Å²) in [5.41, 5.74) is 0. The van der Waals surface area contributed by atoms with Gasteiger partial charge in [0.1, 0.15) is 12.1 Å². The summed E-state index contributed by atoms with van der Waals surface area (Å²) in [4.78, 5) is 22.5. The van der Waals surface area contributed by atoms with E-state index in [2.05, 4.69) is 5.32 Å². The van der Waals surface area contributed by atoms with Crippen LogP contribution in [0.2, 0.25) is 0 Å². The molecule has 1 heterocycles. The van der Waals surface area contributed by atoms with Gasteiger partial charge in [-0.1, -0.05) is 13.3 Å². The average molecular weight is 229 g/mol. The van der Waals surface area contributed by atoms with Gasteiger partial charge in [-0.05, 0) is 26.2 Å². The zero-order valence-corrected chi connectivity index (χ0v) is 9.73. The molecule has 1 saturated heterocycles. The Bertz CT molecular complexity index is 267. The van der Waals surface area contributed by atoms with Gasteiger partial charge in [-0.25, -0.2) is 4.79 Å². The molecule has 0 spiro atoms. The van der Waals surface area contributed by atoms with Crippen molar-refractivity contribution in [3.05, 3.63) is 0 Å². The number of hydrogen-bond donors (Lipinski definition) is 2. The van der Waals surface area contributed by atoms with E-state index in [1.807, 2.05) is 13.8 Å². The van der Waals surface area contributed by atoms with Crippen molar-refractivity contribution in [3.63, 3.8) is 0 Å². The third-order valence-electron chi connectivity index (χ3n) is 2.72. The van der Waals surface area contributed by atoms with Crippen molar-refractivity contribution in [1.82, 2.24) is 5.32 Å². The molecule has 92 valence electrons. The lowest BCUT2D eigenvalue weighted by Gasteiger charge is -2.16. The summed E-state index contributed by atoms with van der Waals surface area (Å²) < 4.78 is 5.38. The Morgan fingerprint density at radius 1 is 1.50 bits per heavy atom. The molecular weight excluding hydrogens is 210 g/mol. The van der Waals surface area contributed by atoms with Gasteiger partial charge in [-0.2, -0.15) is 0 Å². The monoisotopic (exact) mass is 229 g/mol. The van der Waals surface area contributed by atoms with Crippen LogP contribution in [-0.2, 0) is 14.3 Å². The fourth-order valence-corrected chi connectivity index (χ4v) is 1.81. The van der Waals surface area contributed by atoms with Crippen LogP contribution in [0.25, 0.3) is 0 Å². The first-order chi connectivity index (χ1) is 7.54. The van der Waals surface area contributed by atoms with E-state index in [0.717, 1.165) is 12.8 Å². The number of rotatable bonds is 5. The molecule has 16 heavy (non-hydrogen) atoms. The van der Waals surface area contributed by atoms with Crippen LogP contribution < -0.4 is 5.32 Å². The Morgan fingerprint density at radius 3 is 2.62 bits per heavy atom. The van der Waals surface area contributed by atoms with Crippen molar-refractivity contribution in [2.75, 3.05) is 0 Å². The van der Waals surface area contributed by atoms with Gasteiger partial charge in [-0.3, -0.25) is 4.79 Å². The van der Waals surface area contributed by atoms with Crippen molar-refractivity contribution in [1.29, 1.82) is 0 Å². The third kappa shape index (κ3) is 3.48. The predicted molar refractivity (Wildman–Crippen MR) is 58.0 cm³/mol. The van der Waals surface area contributed by atoms with Crippen molar-refractivity contribution < 1.29 is 19.4 Å². The lowest BCUT2D eigenvalue weighted by molar-refractivity contribution is -0.144. The van der Waals surface area contributed by atoms with E-state index >= 15 is 0 Å². The molecule has 0 aromatic rings. The molecule has 0 saturated carbocycles. The maximum Gasteiger partial charge on any atom is 0.326 e. The number of carboxylic acids is 1. The number of aliphatic carboxylic acids is 1. The molecule has 1 amide bonds. The first-order valence-corrected chi connectivity index (χ1v) is 5.73. The summed E-state index contributed by atoms with van der Waals surface area (Å²) in [5.74, 6) is -1.29. The molecule has 5 nitrogen and oxygen atoms in total. The molecule has 0 aromatic carbocycles. The summed E-state index contributed by atoms with van der Waals surface area (Å²) >= 11 is 0. The van der Waals surface area contributed by atoms with Crippen LogP contribution in [0.4, 0.5) is 0 Å². The number of ether oxygens (including phenoxy) is 1. The summed E-state index contributed by atoms with van der Waals surface area (Å²) in [6.07, 6.45) is 2.30. The largest absolute Gasteiger partial charge is 0.480 e. The van der Waals surface area contributed by atoms with Crippen LogP contribution in [0.1, 0.15) is 39.5 Å². The molecule has 5 heteroatoms. The quantitative estimate of drug-likeness (QED) is 0.735. The smallest absolute Gasteiger partial charge is 0.326 e. The molecule has 1 fully saturated rings. The average Bonchev–Trinajstić information content (AvgIpc) is 2.64. The molecule has 3 atom stereocenters. The summed E-state index contributed by atoms with van der Waals surface area (Å²) in [5, 5.41) is 11.4. The minimum absolute atomic E-state index is 0.0882. The zero-order valence-electron chi connectivity index (χ0n) is 9.73. The lowest BCUT2D eigenvalue weighted by Crippen LogP contribution is -2.45. The van der Waals surface area contributed by atoms with Gasteiger partial charge in [0.25, 0.3) is 0 Å². The Hall–Kier alpha value is -1.10. The molecule has 2 N–H and O–H groups in total. The Kier molecular flexibility index (Phi) is 4.73. The zero-order chi connectivity index (χ0) is 12.1. The van der Waals surface area contributed by atoms with Gasteiger partial charge >= 0.3 is 5.97 Å². The molecule has 1 rings (SSSR count). The van der Waals surface area contributed by atoms with Crippen LogP contribution in [-0.4, -0.2) is 35.2 Å². The van der Waals surface area contributed by atoms with Crippen LogP contribution in [0, 0.1) is 0 Å². The Balaban J connectivity index is 2.45. The van der Waals surface area contributed by atoms with Crippen LogP contribution in [0.3, 0.4) is 0 Å². The maximum atomic E-state index is 11.7. The lowest BCUT2D eigenvalue weighted by atomic mass is 10.1. The van der Waals surface area contributed by atoms with Crippen molar-refractivity contribution in [3.8, 4) is 0 Å². The third-order valence-corrected chi connectivity index (χ3v) is 2.72. The second-order valence-corrected chi connectivity index (χ2v) is 4.20. The van der Waals surface area contributed by atoms with Gasteiger partial charge in [0.05, 0.1) is 6.10 Å². The Morgan fingerprint density at radius 2 is 2.19 bits per heavy atom. The molecule has 1 aliphatic heterocycles. The second kappa shape index (κ2) is 5.84. The summed E-state index contributed by atoms with van der Waals surface area (Å²) in [6.45, 7) is 3.80. The topological polar surface area (TPSA) is 75.6 Å². The molecular formula is C11H19NO4. The summed E-state index contributed by atoms with van der Waals surface area (Å²) in [7, 11) is 0. The van der Waals surface area contributed by atoms with E-state index in [1.54, 1.807) is 0 Å². The predicted octanol–water partition coefficient (Wildman–Crippen LogP) is 0.923. The molecule has 0 bridgehead atoms. The fraction of sp³-hybridized carbons (Fsp3) is 0.818. The first-order valence-electron chi connectivity index (χ1n) is 5.73. The molecule has 0 radical (unpaired) electrons. The SMILES string of the molecule is CCC[C@H](NC(=O)C1CCC(C)O1)C(=O)O. The van der Waals surface area contributed by atoms with Crippen LogP contribution in [0.15, 0.2) is 0 Å². The minimum atomic E-state index is -0.985. The van der Waals surface area contributed by atoms with Gasteiger partial charge in [0.15, 0.2) is 0 Å². The van der Waals surface area contributed by atoms with Gasteiger partial charge in [0.2, 0.25) is 5.91 Å². The highest BCUT2D eigenvalue weighted by Gasteiger charge is 2.30. The Labute approximate surface area is 95.2 Å². The van der Waals surface area contributed by atoms with E-state index in [4.69, 9.17) is 9.84 Å². The van der Waals surface area contributed by atoms with E-state index < -0.39 is 18.1 Å². The highest BCUT2D eigenvalue weighted by molar-refractivity contribution is 5.86. The fourth-order valence-electron chi connectivity index (χ4n) is 1.81. The summed E-state index contributed by atoms with van der Waals surface area (Å²) in [6, 6.07) is -0.794. The number of carbonyl (C=O) groups is 2. The second-order valence-electron chi connectivity index (χ2n) is 4.20. The molecule has 0 aliphatic carbocycles. The van der Waals surface area contributed by atoms with E-state index in [1.165, 1.54) is 0 Å². The van der Waals surface area contributed by atoms with E-state index in [0.29, 0.717) is 12.8 Å². The van der Waals surface area contributed by atoms with Gasteiger partial charge < -0.3 is 15.2 Å². The van der Waals surface area contributed by atoms with Crippen molar-refractivity contribution in [2.24, 2.45) is 0 Å². The van der Waals surface area contributed by atoms with E-state index in [-0.39, 0.29) is 12.0 Å². The van der Waals surface area contributed by atoms with E-state index in [9.17, 15) is 9.59 Å². The molecule has 1 aliphatic rings. The van der Waals surface area contributed by atoms with Gasteiger partial charge in [-0.15, -0.1) is 0 Å². The van der Waals surface area contributed by atoms with Crippen LogP contribution >= 0.6 is 0 Å². The maximum absolute atomic E-state index is 11.7. The highest BCUT2D eigenvalue weighted by atomic mass is 16.5. The normalized spacial score (nSPS) is 26.4. The number of nitrogens with one attached hydrogen (secondary N) is 1. The number of amides is 1. The van der Waals surface area contributed by atoms with Gasteiger partial charge in [0, 0.05) is 0 Å². The van der Waals surface area contributed by atoms with Crippen molar-refractivity contribution in [2.45, 2.75) is 57.8 Å².